The molecule has 0 bridgehead atoms. The van der Waals surface area contributed by atoms with E-state index in [1.807, 2.05) is 19.1 Å². The quantitative estimate of drug-likeness (QED) is 0.930. The van der Waals surface area contributed by atoms with E-state index in [-0.39, 0.29) is 11.0 Å². The Morgan fingerprint density at radius 3 is 2.17 bits per heavy atom. The van der Waals surface area contributed by atoms with E-state index in [0.29, 0.717) is 6.54 Å². The summed E-state index contributed by atoms with van der Waals surface area (Å²) in [6.07, 6.45) is 0.760. The van der Waals surface area contributed by atoms with Crippen LogP contribution in [0.4, 0.5) is 0 Å². The first-order valence-electron chi connectivity index (χ1n) is 7.83. The van der Waals surface area contributed by atoms with Crippen molar-refractivity contribution in [2.75, 3.05) is 0 Å². The summed E-state index contributed by atoms with van der Waals surface area (Å²) in [4.78, 5) is 23.6. The van der Waals surface area contributed by atoms with Crippen molar-refractivity contribution in [3.63, 3.8) is 0 Å². The number of benzene rings is 1. The van der Waals surface area contributed by atoms with E-state index in [2.05, 4.69) is 32.9 Å². The van der Waals surface area contributed by atoms with Crippen LogP contribution >= 0.6 is 0 Å². The minimum atomic E-state index is -1.19. The fraction of sp³-hybridized carbons (Fsp3) is 0.368. The first-order chi connectivity index (χ1) is 10.8. The van der Waals surface area contributed by atoms with Gasteiger partial charge in [-0.1, -0.05) is 52.0 Å². The molecule has 0 aliphatic rings. The van der Waals surface area contributed by atoms with Crippen LogP contribution in [0.2, 0.25) is 0 Å². The summed E-state index contributed by atoms with van der Waals surface area (Å²) in [5.41, 5.74) is 2.32. The summed E-state index contributed by atoms with van der Waals surface area (Å²) in [5, 5.41) is 9.13. The predicted molar refractivity (Wildman–Crippen MR) is 92.1 cm³/mol. The molecule has 0 spiro atoms. The first kappa shape index (κ1) is 17.0. The number of carboxylic acids is 1. The highest BCUT2D eigenvalue weighted by atomic mass is 16.4. The second kappa shape index (κ2) is 6.41. The number of hydrogen-bond donors (Lipinski definition) is 1. The molecule has 0 fully saturated rings. The molecule has 0 aliphatic carbocycles. The second-order valence-electron chi connectivity index (χ2n) is 6.72. The van der Waals surface area contributed by atoms with E-state index < -0.39 is 11.5 Å². The topological polar surface area (TPSA) is 59.3 Å². The van der Waals surface area contributed by atoms with Crippen LogP contribution in [0.3, 0.4) is 0 Å². The van der Waals surface area contributed by atoms with Crippen LogP contribution in [0, 0.1) is 0 Å². The molecule has 1 N–H and O–H groups in total. The van der Waals surface area contributed by atoms with Crippen molar-refractivity contribution in [3.05, 3.63) is 57.9 Å². The van der Waals surface area contributed by atoms with Crippen LogP contribution < -0.4 is 5.56 Å². The Balaban J connectivity index is 2.57. The van der Waals surface area contributed by atoms with Crippen LogP contribution in [0.15, 0.2) is 41.2 Å². The van der Waals surface area contributed by atoms with Gasteiger partial charge in [-0.15, -0.1) is 0 Å². The van der Waals surface area contributed by atoms with Crippen molar-refractivity contribution in [2.24, 2.45) is 0 Å². The molecule has 23 heavy (non-hydrogen) atoms. The molecule has 0 saturated heterocycles. The number of pyridine rings is 1. The van der Waals surface area contributed by atoms with Crippen LogP contribution in [-0.4, -0.2) is 15.6 Å². The lowest BCUT2D eigenvalue weighted by molar-refractivity contribution is 0.0694. The molecule has 1 aromatic heterocycles. The average Bonchev–Trinajstić information content (AvgIpc) is 2.48. The Morgan fingerprint density at radius 2 is 1.70 bits per heavy atom. The largest absolute Gasteiger partial charge is 0.477 e. The molecule has 1 heterocycles. The van der Waals surface area contributed by atoms with Crippen molar-refractivity contribution >= 4 is 5.97 Å². The zero-order valence-corrected chi connectivity index (χ0v) is 14.1. The summed E-state index contributed by atoms with van der Waals surface area (Å²) < 4.78 is 1.55. The minimum absolute atomic E-state index is 0.0643. The zero-order chi connectivity index (χ0) is 17.2. The van der Waals surface area contributed by atoms with Gasteiger partial charge in [0.25, 0.3) is 5.56 Å². The van der Waals surface area contributed by atoms with Gasteiger partial charge in [0.2, 0.25) is 0 Å². The van der Waals surface area contributed by atoms with Crippen LogP contribution in [0.5, 0.6) is 0 Å². The molecular formula is C19H23NO3. The molecular weight excluding hydrogens is 290 g/mol. The Morgan fingerprint density at radius 1 is 1.09 bits per heavy atom. The molecule has 0 radical (unpaired) electrons. The maximum atomic E-state index is 12.4. The van der Waals surface area contributed by atoms with Crippen molar-refractivity contribution in [1.29, 1.82) is 0 Å². The number of hydrogen-bond acceptors (Lipinski definition) is 2. The van der Waals surface area contributed by atoms with Gasteiger partial charge >= 0.3 is 5.97 Å². The average molecular weight is 313 g/mol. The van der Waals surface area contributed by atoms with Crippen molar-refractivity contribution < 1.29 is 9.90 Å². The third kappa shape index (κ3) is 3.52. The standard InChI is InChI=1S/C19H23NO3/c1-5-12-20-16(11-10-15(17(20)21)18(22)23)13-6-8-14(9-7-13)19(2,3)4/h6-11H,5,12H2,1-4H3,(H,22,23). The lowest BCUT2D eigenvalue weighted by atomic mass is 9.86. The van der Waals surface area contributed by atoms with Gasteiger partial charge in [0.05, 0.1) is 5.69 Å². The smallest absolute Gasteiger partial charge is 0.341 e. The fourth-order valence-electron chi connectivity index (χ4n) is 2.58. The monoisotopic (exact) mass is 313 g/mol. The van der Waals surface area contributed by atoms with E-state index in [4.69, 9.17) is 5.11 Å². The van der Waals surface area contributed by atoms with Crippen LogP contribution in [0.1, 0.15) is 50.0 Å². The van der Waals surface area contributed by atoms with Gasteiger partial charge in [0, 0.05) is 6.54 Å². The molecule has 0 aliphatic heterocycles. The van der Waals surface area contributed by atoms with E-state index in [1.165, 1.54) is 11.6 Å². The number of rotatable bonds is 4. The number of carbonyl (C=O) groups is 1. The van der Waals surface area contributed by atoms with Crippen LogP contribution in [-0.2, 0) is 12.0 Å². The maximum Gasteiger partial charge on any atom is 0.341 e. The highest BCUT2D eigenvalue weighted by Gasteiger charge is 2.16. The Bertz CT molecular complexity index is 765. The number of nitrogens with zero attached hydrogens (tertiary/aromatic N) is 1. The summed E-state index contributed by atoms with van der Waals surface area (Å²) in [7, 11) is 0. The van der Waals surface area contributed by atoms with E-state index in [0.717, 1.165) is 17.7 Å². The van der Waals surface area contributed by atoms with Crippen molar-refractivity contribution in [1.82, 2.24) is 4.57 Å². The van der Waals surface area contributed by atoms with Gasteiger partial charge in [-0.25, -0.2) is 4.79 Å². The maximum absolute atomic E-state index is 12.4. The lowest BCUT2D eigenvalue weighted by Crippen LogP contribution is -2.27. The van der Waals surface area contributed by atoms with Gasteiger partial charge in [-0.05, 0) is 35.1 Å². The SMILES string of the molecule is CCCn1c(-c2ccc(C(C)(C)C)cc2)ccc(C(=O)O)c1=O. The molecule has 1 aromatic carbocycles. The number of aromatic nitrogens is 1. The highest BCUT2D eigenvalue weighted by molar-refractivity contribution is 5.87. The third-order valence-electron chi connectivity index (χ3n) is 3.90. The van der Waals surface area contributed by atoms with Crippen LogP contribution in [0.25, 0.3) is 11.3 Å². The van der Waals surface area contributed by atoms with E-state index in [9.17, 15) is 9.59 Å². The predicted octanol–water partition coefficient (Wildman–Crippen LogP) is 3.92. The molecule has 4 heteroatoms. The summed E-state index contributed by atoms with van der Waals surface area (Å²) >= 11 is 0. The molecule has 2 aromatic rings. The normalized spacial score (nSPS) is 11.5. The van der Waals surface area contributed by atoms with Gasteiger partial charge < -0.3 is 9.67 Å². The lowest BCUT2D eigenvalue weighted by Gasteiger charge is -2.20. The Labute approximate surface area is 136 Å². The van der Waals surface area contributed by atoms with Gasteiger partial charge in [0.15, 0.2) is 0 Å². The molecule has 122 valence electrons. The molecule has 0 atom stereocenters. The second-order valence-corrected chi connectivity index (χ2v) is 6.72. The molecule has 2 rings (SSSR count). The van der Waals surface area contributed by atoms with Crippen molar-refractivity contribution in [2.45, 2.75) is 46.1 Å². The Hall–Kier alpha value is -2.36. The minimum Gasteiger partial charge on any atom is -0.477 e. The molecule has 0 saturated carbocycles. The third-order valence-corrected chi connectivity index (χ3v) is 3.90. The molecule has 4 nitrogen and oxygen atoms in total. The first-order valence-corrected chi connectivity index (χ1v) is 7.83. The summed E-state index contributed by atoms with van der Waals surface area (Å²) in [6.45, 7) is 8.91. The Kier molecular flexibility index (Phi) is 4.73. The number of aromatic carboxylic acids is 1. The molecule has 0 amide bonds. The van der Waals surface area contributed by atoms with Gasteiger partial charge in [-0.3, -0.25) is 4.79 Å². The molecule has 0 unspecified atom stereocenters. The van der Waals surface area contributed by atoms with Gasteiger partial charge in [-0.2, -0.15) is 0 Å². The van der Waals surface area contributed by atoms with E-state index >= 15 is 0 Å². The summed E-state index contributed by atoms with van der Waals surface area (Å²) in [6, 6.07) is 11.2. The summed E-state index contributed by atoms with van der Waals surface area (Å²) in [5.74, 6) is -1.19. The van der Waals surface area contributed by atoms with E-state index in [1.54, 1.807) is 10.6 Å². The van der Waals surface area contributed by atoms with Gasteiger partial charge in [0.1, 0.15) is 5.56 Å². The fourth-order valence-corrected chi connectivity index (χ4v) is 2.58. The van der Waals surface area contributed by atoms with Crippen molar-refractivity contribution in [3.8, 4) is 11.3 Å². The number of carboxylic acid groups (broad SMARTS) is 1. The highest BCUT2D eigenvalue weighted by Crippen LogP contribution is 2.26. The zero-order valence-electron chi connectivity index (χ0n) is 14.1.